The van der Waals surface area contributed by atoms with E-state index in [1.807, 2.05) is 24.3 Å². The van der Waals surface area contributed by atoms with Crippen molar-refractivity contribution in [3.63, 3.8) is 0 Å². The van der Waals surface area contributed by atoms with Crippen LogP contribution in [0.4, 0.5) is 17.2 Å². The predicted octanol–water partition coefficient (Wildman–Crippen LogP) is 3.31. The van der Waals surface area contributed by atoms with Crippen LogP contribution in [-0.2, 0) is 11.3 Å². The van der Waals surface area contributed by atoms with E-state index in [1.165, 1.54) is 13.3 Å². The van der Waals surface area contributed by atoms with E-state index in [0.717, 1.165) is 11.3 Å². The number of methoxy groups -OCH3 is 1. The summed E-state index contributed by atoms with van der Waals surface area (Å²) in [6.45, 7) is 1.91. The van der Waals surface area contributed by atoms with Crippen molar-refractivity contribution in [3.8, 4) is 5.75 Å². The molecule has 0 aliphatic heterocycles. The monoisotopic (exact) mass is 391 g/mol. The Labute approximate surface area is 168 Å². The molecule has 0 saturated heterocycles. The van der Waals surface area contributed by atoms with Crippen molar-refractivity contribution in [3.05, 3.63) is 72.2 Å². The molecular weight excluding hydrogens is 370 g/mol. The zero-order chi connectivity index (χ0) is 20.6. The topological polar surface area (TPSA) is 105 Å². The Morgan fingerprint density at radius 3 is 2.48 bits per heavy atom. The zero-order valence-corrected chi connectivity index (χ0v) is 16.1. The van der Waals surface area contributed by atoms with Gasteiger partial charge in [0, 0.05) is 36.5 Å². The number of carbonyl (C=O) groups is 2. The molecule has 3 rings (SSSR count). The summed E-state index contributed by atoms with van der Waals surface area (Å²) in [5, 5.41) is 8.60. The van der Waals surface area contributed by atoms with Crippen molar-refractivity contribution >= 4 is 29.0 Å². The van der Waals surface area contributed by atoms with Crippen LogP contribution in [0.2, 0.25) is 0 Å². The Bertz CT molecular complexity index is 1020. The molecule has 0 radical (unpaired) electrons. The third kappa shape index (κ3) is 5.52. The third-order valence-corrected chi connectivity index (χ3v) is 3.99. The molecule has 2 amide bonds. The molecule has 1 heterocycles. The number of anilines is 3. The van der Waals surface area contributed by atoms with Gasteiger partial charge in [-0.25, -0.2) is 9.97 Å². The molecule has 8 nitrogen and oxygen atoms in total. The second-order valence-corrected chi connectivity index (χ2v) is 6.17. The van der Waals surface area contributed by atoms with E-state index >= 15 is 0 Å². The zero-order valence-electron chi connectivity index (χ0n) is 16.1. The fourth-order valence-corrected chi connectivity index (χ4v) is 2.69. The van der Waals surface area contributed by atoms with Crippen LogP contribution in [0, 0.1) is 0 Å². The number of para-hydroxylation sites is 1. The number of ether oxygens (including phenoxy) is 1. The highest BCUT2D eigenvalue weighted by Crippen LogP contribution is 2.19. The first-order chi connectivity index (χ1) is 14.0. The molecule has 0 aliphatic carbocycles. The molecule has 1 aromatic heterocycles. The number of rotatable bonds is 7. The summed E-state index contributed by atoms with van der Waals surface area (Å²) in [4.78, 5) is 31.9. The van der Waals surface area contributed by atoms with Gasteiger partial charge in [-0.1, -0.05) is 24.3 Å². The maximum Gasteiger partial charge on any atom is 0.274 e. The normalized spacial score (nSPS) is 10.1. The molecule has 0 atom stereocenters. The van der Waals surface area contributed by atoms with E-state index in [2.05, 4.69) is 25.9 Å². The molecule has 0 unspecified atom stereocenters. The number of nitrogens with zero attached hydrogens (tertiary/aromatic N) is 2. The summed E-state index contributed by atoms with van der Waals surface area (Å²) in [5.74, 6) is 0.719. The van der Waals surface area contributed by atoms with E-state index < -0.39 is 0 Å². The van der Waals surface area contributed by atoms with Gasteiger partial charge in [-0.05, 0) is 24.3 Å². The average molecular weight is 391 g/mol. The van der Waals surface area contributed by atoms with E-state index in [9.17, 15) is 9.59 Å². The smallest absolute Gasteiger partial charge is 0.274 e. The van der Waals surface area contributed by atoms with Crippen LogP contribution in [0.1, 0.15) is 23.0 Å². The summed E-state index contributed by atoms with van der Waals surface area (Å²) in [6, 6.07) is 16.1. The van der Waals surface area contributed by atoms with E-state index in [4.69, 9.17) is 4.74 Å². The predicted molar refractivity (Wildman–Crippen MR) is 111 cm³/mol. The Hall–Kier alpha value is -3.94. The lowest BCUT2D eigenvalue weighted by Crippen LogP contribution is -2.15. The number of amides is 2. The molecule has 0 aliphatic rings. The van der Waals surface area contributed by atoms with Gasteiger partial charge in [0.25, 0.3) is 5.91 Å². The van der Waals surface area contributed by atoms with Crippen molar-refractivity contribution in [2.45, 2.75) is 13.5 Å². The van der Waals surface area contributed by atoms with Crippen LogP contribution >= 0.6 is 0 Å². The van der Waals surface area contributed by atoms with Gasteiger partial charge in [-0.2, -0.15) is 0 Å². The maximum atomic E-state index is 12.5. The first-order valence-electron chi connectivity index (χ1n) is 8.92. The molecule has 0 spiro atoms. The quantitative estimate of drug-likeness (QED) is 0.571. The number of aromatic nitrogens is 2. The fraction of sp³-hybridized carbons (Fsp3) is 0.143. The lowest BCUT2D eigenvalue weighted by atomic mass is 10.2. The minimum Gasteiger partial charge on any atom is -0.496 e. The van der Waals surface area contributed by atoms with Crippen LogP contribution in [0.5, 0.6) is 5.75 Å². The minimum atomic E-state index is -0.382. The number of hydrogen-bond donors (Lipinski definition) is 3. The molecule has 8 heteroatoms. The van der Waals surface area contributed by atoms with Gasteiger partial charge in [0.15, 0.2) is 0 Å². The van der Waals surface area contributed by atoms with Gasteiger partial charge in [0.05, 0.1) is 7.11 Å². The first-order valence-corrected chi connectivity index (χ1v) is 8.92. The van der Waals surface area contributed by atoms with Gasteiger partial charge >= 0.3 is 0 Å². The van der Waals surface area contributed by atoms with Gasteiger partial charge in [0.2, 0.25) is 5.91 Å². The van der Waals surface area contributed by atoms with Crippen molar-refractivity contribution in [2.75, 3.05) is 23.1 Å². The Morgan fingerprint density at radius 2 is 1.72 bits per heavy atom. The van der Waals surface area contributed by atoms with E-state index in [1.54, 1.807) is 37.4 Å². The standard InChI is InChI=1S/C21H21N5O3/c1-14(27)25-16-7-5-8-17(10-16)26-21(28)18-11-20(24-13-23-18)22-12-15-6-3-4-9-19(15)29-2/h3-11,13H,12H2,1-2H3,(H,25,27)(H,26,28)(H,22,23,24). The highest BCUT2D eigenvalue weighted by molar-refractivity contribution is 6.03. The molecule has 148 valence electrons. The minimum absolute atomic E-state index is 0.185. The Balaban J connectivity index is 1.67. The van der Waals surface area contributed by atoms with Gasteiger partial charge in [0.1, 0.15) is 23.6 Å². The number of carbonyl (C=O) groups excluding carboxylic acids is 2. The van der Waals surface area contributed by atoms with Crippen LogP contribution < -0.4 is 20.7 Å². The molecule has 3 aromatic rings. The van der Waals surface area contributed by atoms with Crippen LogP contribution in [0.3, 0.4) is 0 Å². The van der Waals surface area contributed by atoms with Gasteiger partial charge in [-0.3, -0.25) is 9.59 Å². The van der Waals surface area contributed by atoms with Crippen LogP contribution in [-0.4, -0.2) is 28.9 Å². The summed E-state index contributed by atoms with van der Waals surface area (Å²) >= 11 is 0. The molecule has 2 aromatic carbocycles. The van der Waals surface area contributed by atoms with Crippen LogP contribution in [0.25, 0.3) is 0 Å². The number of hydrogen-bond acceptors (Lipinski definition) is 6. The Morgan fingerprint density at radius 1 is 0.966 bits per heavy atom. The second kappa shape index (κ2) is 9.32. The molecule has 0 saturated carbocycles. The average Bonchev–Trinajstić information content (AvgIpc) is 2.72. The van der Waals surface area contributed by atoms with Crippen LogP contribution in [0.15, 0.2) is 60.9 Å². The highest BCUT2D eigenvalue weighted by atomic mass is 16.5. The Kier molecular flexibility index (Phi) is 6.36. The molecule has 3 N–H and O–H groups in total. The highest BCUT2D eigenvalue weighted by Gasteiger charge is 2.10. The van der Waals surface area contributed by atoms with Gasteiger partial charge < -0.3 is 20.7 Å². The summed E-state index contributed by atoms with van der Waals surface area (Å²) < 4.78 is 5.33. The fourth-order valence-electron chi connectivity index (χ4n) is 2.69. The van der Waals surface area contributed by atoms with Crippen molar-refractivity contribution < 1.29 is 14.3 Å². The lowest BCUT2D eigenvalue weighted by Gasteiger charge is -2.11. The van der Waals surface area contributed by atoms with Crippen molar-refractivity contribution in [1.29, 1.82) is 0 Å². The van der Waals surface area contributed by atoms with Crippen molar-refractivity contribution in [1.82, 2.24) is 9.97 Å². The first kappa shape index (κ1) is 19.8. The van der Waals surface area contributed by atoms with Crippen molar-refractivity contribution in [2.24, 2.45) is 0 Å². The SMILES string of the molecule is COc1ccccc1CNc1cc(C(=O)Nc2cccc(NC(C)=O)c2)ncn1. The maximum absolute atomic E-state index is 12.5. The largest absolute Gasteiger partial charge is 0.496 e. The van der Waals surface area contributed by atoms with E-state index in [-0.39, 0.29) is 17.5 Å². The molecule has 29 heavy (non-hydrogen) atoms. The molecular formula is C21H21N5O3. The van der Waals surface area contributed by atoms with E-state index in [0.29, 0.717) is 23.7 Å². The number of nitrogens with one attached hydrogen (secondary N) is 3. The molecule has 0 bridgehead atoms. The summed E-state index contributed by atoms with van der Waals surface area (Å²) in [5.41, 5.74) is 2.32. The summed E-state index contributed by atoms with van der Waals surface area (Å²) in [6.07, 6.45) is 1.33. The third-order valence-electron chi connectivity index (χ3n) is 3.99. The lowest BCUT2D eigenvalue weighted by molar-refractivity contribution is -0.114. The van der Waals surface area contributed by atoms with Gasteiger partial charge in [-0.15, -0.1) is 0 Å². The number of benzene rings is 2. The summed E-state index contributed by atoms with van der Waals surface area (Å²) in [7, 11) is 1.62. The second-order valence-electron chi connectivity index (χ2n) is 6.17. The molecule has 0 fully saturated rings.